The number of aromatic nitrogens is 1. The molecular weight excluding hydrogens is 383 g/mol. The number of hydrogen-bond donors (Lipinski definition) is 2. The van der Waals surface area contributed by atoms with E-state index in [0.29, 0.717) is 25.3 Å². The van der Waals surface area contributed by atoms with Crippen LogP contribution in [0.2, 0.25) is 0 Å². The molecule has 2 unspecified atom stereocenters. The molecule has 2 atom stereocenters. The van der Waals surface area contributed by atoms with E-state index in [1.165, 1.54) is 0 Å². The first kappa shape index (κ1) is 20.0. The molecule has 2 N–H and O–H groups in total. The first-order valence-electron chi connectivity index (χ1n) is 8.48. The summed E-state index contributed by atoms with van der Waals surface area (Å²) in [5.74, 6) is -3.95. The molecule has 150 valence electrons. The summed E-state index contributed by atoms with van der Waals surface area (Å²) in [4.78, 5) is 39.0. The fraction of sp³-hybridized carbons (Fsp3) is 0.444. The summed E-state index contributed by atoms with van der Waals surface area (Å²) in [7, 11) is 0. The number of aliphatic hydroxyl groups is 1. The van der Waals surface area contributed by atoms with E-state index in [-0.39, 0.29) is 5.56 Å². The normalized spacial score (nSPS) is 21.9. The van der Waals surface area contributed by atoms with Gasteiger partial charge in [-0.2, -0.15) is 13.2 Å². The van der Waals surface area contributed by atoms with Gasteiger partial charge in [-0.1, -0.05) is 0 Å². The average molecular weight is 399 g/mol. The van der Waals surface area contributed by atoms with Gasteiger partial charge >= 0.3 is 12.1 Å². The lowest BCUT2D eigenvalue weighted by atomic mass is 9.81. The van der Waals surface area contributed by atoms with Gasteiger partial charge in [0.15, 0.2) is 11.6 Å². The highest BCUT2D eigenvalue weighted by molar-refractivity contribution is 6.27. The number of pyridine rings is 1. The molecule has 3 rings (SSSR count). The minimum atomic E-state index is -4.78. The Bertz CT molecular complexity index is 853. The number of Topliss-reactive ketones (excluding diaryl/α,β-unsaturated/α-hetero) is 2. The van der Waals surface area contributed by atoms with Crippen molar-refractivity contribution in [2.45, 2.75) is 32.0 Å². The summed E-state index contributed by atoms with van der Waals surface area (Å²) >= 11 is 0. The number of ether oxygens (including phenoxy) is 1. The molecule has 0 amide bonds. The number of carboxylic acids is 1. The Morgan fingerprint density at radius 3 is 2.29 bits per heavy atom. The van der Waals surface area contributed by atoms with Crippen molar-refractivity contribution < 1.29 is 42.5 Å². The second-order valence-corrected chi connectivity index (χ2v) is 6.73. The highest BCUT2D eigenvalue weighted by Gasteiger charge is 2.45. The molecule has 2 aliphatic rings. The molecule has 1 heterocycles. The molecule has 1 aromatic rings. The molecule has 0 aromatic carbocycles. The van der Waals surface area contributed by atoms with E-state index in [0.717, 1.165) is 6.07 Å². The van der Waals surface area contributed by atoms with Gasteiger partial charge in [0.25, 0.3) is 0 Å². The SMILES string of the molecule is O=C(O)COCc1nc(C(F)(F)F)ccc1C(O)=C1C(=O)C2CCC(C2)C1=O. The van der Waals surface area contributed by atoms with Crippen LogP contribution in [0, 0.1) is 11.8 Å². The lowest BCUT2D eigenvalue weighted by Gasteiger charge is -2.21. The number of ketones is 2. The van der Waals surface area contributed by atoms with Gasteiger partial charge < -0.3 is 14.9 Å². The maximum absolute atomic E-state index is 13.0. The number of halogens is 3. The van der Waals surface area contributed by atoms with E-state index >= 15 is 0 Å². The van der Waals surface area contributed by atoms with Crippen molar-refractivity contribution in [3.8, 4) is 0 Å². The summed E-state index contributed by atoms with van der Waals surface area (Å²) < 4.78 is 43.7. The second-order valence-electron chi connectivity index (χ2n) is 6.73. The number of carboxylic acid groups (broad SMARTS) is 1. The molecule has 0 aliphatic heterocycles. The summed E-state index contributed by atoms with van der Waals surface area (Å²) in [5.41, 5.74) is -2.39. The maximum Gasteiger partial charge on any atom is 0.433 e. The van der Waals surface area contributed by atoms with E-state index in [1.54, 1.807) is 0 Å². The highest BCUT2D eigenvalue weighted by atomic mass is 19.4. The molecule has 2 bridgehead atoms. The molecular formula is C18H16F3NO6. The van der Waals surface area contributed by atoms with Crippen molar-refractivity contribution >= 4 is 23.3 Å². The molecule has 0 spiro atoms. The first-order valence-corrected chi connectivity index (χ1v) is 8.48. The summed E-state index contributed by atoms with van der Waals surface area (Å²) in [5, 5.41) is 19.2. The van der Waals surface area contributed by atoms with Crippen molar-refractivity contribution in [1.82, 2.24) is 4.98 Å². The Balaban J connectivity index is 2.05. The topological polar surface area (TPSA) is 114 Å². The van der Waals surface area contributed by atoms with Gasteiger partial charge in [0.1, 0.15) is 23.6 Å². The molecule has 2 saturated carbocycles. The first-order chi connectivity index (χ1) is 13.1. The molecule has 0 radical (unpaired) electrons. The smallest absolute Gasteiger partial charge is 0.433 e. The van der Waals surface area contributed by atoms with Gasteiger partial charge in [-0.25, -0.2) is 9.78 Å². The lowest BCUT2D eigenvalue weighted by molar-refractivity contribution is -0.144. The van der Waals surface area contributed by atoms with Crippen LogP contribution in [0.15, 0.2) is 17.7 Å². The van der Waals surface area contributed by atoms with Crippen LogP contribution in [-0.2, 0) is 31.9 Å². The van der Waals surface area contributed by atoms with Crippen molar-refractivity contribution in [3.63, 3.8) is 0 Å². The van der Waals surface area contributed by atoms with Crippen LogP contribution >= 0.6 is 0 Å². The molecule has 10 heteroatoms. The van der Waals surface area contributed by atoms with E-state index in [9.17, 15) is 32.7 Å². The highest BCUT2D eigenvalue weighted by Crippen LogP contribution is 2.42. The second kappa shape index (κ2) is 7.34. The zero-order valence-electron chi connectivity index (χ0n) is 14.5. The number of hydrogen-bond acceptors (Lipinski definition) is 6. The number of rotatable bonds is 5. The number of aliphatic carboxylic acids is 1. The third kappa shape index (κ3) is 3.77. The predicted molar refractivity (Wildman–Crippen MR) is 86.9 cm³/mol. The number of allylic oxidation sites excluding steroid dienone is 1. The molecule has 0 saturated heterocycles. The third-order valence-electron chi connectivity index (χ3n) is 4.89. The standard InChI is InChI=1S/C18H16F3NO6/c19-18(20,21)12-4-3-10(11(22-12)6-28-7-13(23)24)17(27)14-15(25)8-1-2-9(5-8)16(14)26/h3-4,8-9,27H,1-2,5-7H2,(H,23,24). The largest absolute Gasteiger partial charge is 0.506 e. The van der Waals surface area contributed by atoms with E-state index in [1.807, 2.05) is 0 Å². The Hall–Kier alpha value is -2.75. The number of alkyl halides is 3. The van der Waals surface area contributed by atoms with Crippen LogP contribution in [0.3, 0.4) is 0 Å². The van der Waals surface area contributed by atoms with E-state index in [4.69, 9.17) is 9.84 Å². The Morgan fingerprint density at radius 1 is 1.14 bits per heavy atom. The van der Waals surface area contributed by atoms with Crippen LogP contribution in [-0.4, -0.2) is 39.3 Å². The van der Waals surface area contributed by atoms with Gasteiger partial charge in [-0.3, -0.25) is 9.59 Å². The number of aliphatic hydroxyl groups excluding tert-OH is 1. The lowest BCUT2D eigenvalue weighted by Crippen LogP contribution is -2.30. The van der Waals surface area contributed by atoms with E-state index in [2.05, 4.69) is 4.98 Å². The Kier molecular flexibility index (Phi) is 5.24. The molecule has 2 aliphatic carbocycles. The van der Waals surface area contributed by atoms with Gasteiger partial charge in [0.2, 0.25) is 0 Å². The fourth-order valence-corrected chi connectivity index (χ4v) is 3.58. The number of nitrogens with zero attached hydrogens (tertiary/aromatic N) is 1. The van der Waals surface area contributed by atoms with Gasteiger partial charge in [-0.15, -0.1) is 0 Å². The van der Waals surface area contributed by atoms with Crippen molar-refractivity contribution in [2.24, 2.45) is 11.8 Å². The quantitative estimate of drug-likeness (QED) is 0.444. The van der Waals surface area contributed by atoms with Crippen molar-refractivity contribution in [2.75, 3.05) is 6.61 Å². The van der Waals surface area contributed by atoms with Crippen LogP contribution in [0.25, 0.3) is 5.76 Å². The summed E-state index contributed by atoms with van der Waals surface area (Å²) in [6.45, 7) is -1.45. The van der Waals surface area contributed by atoms with Crippen LogP contribution in [0.5, 0.6) is 0 Å². The predicted octanol–water partition coefficient (Wildman–Crippen LogP) is 2.54. The number of fused-ring (bicyclic) bond motifs is 2. The van der Waals surface area contributed by atoms with Crippen molar-refractivity contribution in [3.05, 3.63) is 34.7 Å². The number of carbonyl (C=O) groups excluding carboxylic acids is 2. The monoisotopic (exact) mass is 399 g/mol. The zero-order valence-corrected chi connectivity index (χ0v) is 14.5. The van der Waals surface area contributed by atoms with Gasteiger partial charge in [-0.05, 0) is 31.4 Å². The van der Waals surface area contributed by atoms with Gasteiger partial charge in [0, 0.05) is 17.4 Å². The minimum absolute atomic E-state index is 0.267. The van der Waals surface area contributed by atoms with Crippen LogP contribution < -0.4 is 0 Å². The Labute approximate surface area is 156 Å². The fourth-order valence-electron chi connectivity index (χ4n) is 3.58. The van der Waals surface area contributed by atoms with Gasteiger partial charge in [0.05, 0.1) is 12.3 Å². The minimum Gasteiger partial charge on any atom is -0.506 e. The summed E-state index contributed by atoms with van der Waals surface area (Å²) in [6, 6.07) is 1.51. The Morgan fingerprint density at radius 2 is 1.75 bits per heavy atom. The third-order valence-corrected chi connectivity index (χ3v) is 4.89. The zero-order chi connectivity index (χ0) is 20.6. The van der Waals surface area contributed by atoms with Crippen LogP contribution in [0.4, 0.5) is 13.2 Å². The number of carbonyl (C=O) groups is 3. The molecule has 1 aromatic heterocycles. The molecule has 7 nitrogen and oxygen atoms in total. The average Bonchev–Trinajstić information content (AvgIpc) is 3.06. The molecule has 28 heavy (non-hydrogen) atoms. The summed E-state index contributed by atoms with van der Waals surface area (Å²) in [6.07, 6.45) is -3.33. The van der Waals surface area contributed by atoms with E-state index < -0.39 is 71.5 Å². The van der Waals surface area contributed by atoms with Crippen LogP contribution in [0.1, 0.15) is 36.2 Å². The van der Waals surface area contributed by atoms with Crippen molar-refractivity contribution in [1.29, 1.82) is 0 Å². The maximum atomic E-state index is 13.0. The molecule has 2 fully saturated rings.